The molecule has 0 radical (unpaired) electrons. The van der Waals surface area contributed by atoms with Crippen LogP contribution in [0.3, 0.4) is 0 Å². The van der Waals surface area contributed by atoms with Crippen molar-refractivity contribution in [3.05, 3.63) is 64.0 Å². The van der Waals surface area contributed by atoms with E-state index in [9.17, 15) is 22.9 Å². The molecule has 0 aromatic heterocycles. The Hall–Kier alpha value is -2.85. The van der Waals surface area contributed by atoms with Gasteiger partial charge in [0, 0.05) is 19.2 Å². The van der Waals surface area contributed by atoms with Gasteiger partial charge >= 0.3 is 0 Å². The number of halogens is 1. The van der Waals surface area contributed by atoms with Crippen molar-refractivity contribution < 1.29 is 17.7 Å². The van der Waals surface area contributed by atoms with Gasteiger partial charge < -0.3 is 0 Å². The summed E-state index contributed by atoms with van der Waals surface area (Å²) in [5.41, 5.74) is 2.60. The molecule has 1 heterocycles. The highest BCUT2D eigenvalue weighted by molar-refractivity contribution is 7.89. The van der Waals surface area contributed by atoms with Crippen LogP contribution in [0.2, 0.25) is 0 Å². The maximum Gasteiger partial charge on any atom is 0.295 e. The van der Waals surface area contributed by atoms with E-state index in [1.165, 1.54) is 40.9 Å². The Morgan fingerprint density at radius 1 is 1.19 bits per heavy atom. The van der Waals surface area contributed by atoms with Gasteiger partial charge in [-0.25, -0.2) is 12.8 Å². The molecule has 0 aliphatic carbocycles. The molecular formula is C17H17FN4O4S. The SMILES string of the molecule is O=[N+]([O-])c1cc(S(=O)(=O)N2CCCC2)ccc1N/N=C\c1cccc(F)c1. The minimum absolute atomic E-state index is 0.0352. The van der Waals surface area contributed by atoms with Gasteiger partial charge in [-0.05, 0) is 42.7 Å². The van der Waals surface area contributed by atoms with Crippen molar-refractivity contribution in [2.24, 2.45) is 5.10 Å². The van der Waals surface area contributed by atoms with E-state index in [1.54, 1.807) is 6.07 Å². The number of nitrogens with zero attached hydrogens (tertiary/aromatic N) is 3. The highest BCUT2D eigenvalue weighted by Gasteiger charge is 2.29. The molecule has 0 amide bonds. The maximum absolute atomic E-state index is 13.1. The summed E-state index contributed by atoms with van der Waals surface area (Å²) in [4.78, 5) is 10.5. The molecule has 10 heteroatoms. The quantitative estimate of drug-likeness (QED) is 0.462. The molecular weight excluding hydrogens is 375 g/mol. The number of hydrazone groups is 1. The second-order valence-corrected chi connectivity index (χ2v) is 7.91. The van der Waals surface area contributed by atoms with Gasteiger partial charge in [-0.3, -0.25) is 15.5 Å². The van der Waals surface area contributed by atoms with Gasteiger partial charge in [0.25, 0.3) is 5.69 Å². The number of nitro groups is 1. The lowest BCUT2D eigenvalue weighted by molar-refractivity contribution is -0.384. The number of nitrogens with one attached hydrogen (secondary N) is 1. The lowest BCUT2D eigenvalue weighted by Crippen LogP contribution is -2.27. The Kier molecular flexibility index (Phi) is 5.47. The molecule has 0 saturated carbocycles. The topological polar surface area (TPSA) is 105 Å². The van der Waals surface area contributed by atoms with Crippen LogP contribution in [-0.2, 0) is 10.0 Å². The van der Waals surface area contributed by atoms with Crippen molar-refractivity contribution in [2.75, 3.05) is 18.5 Å². The van der Waals surface area contributed by atoms with E-state index in [0.29, 0.717) is 18.7 Å². The molecule has 0 bridgehead atoms. The summed E-state index contributed by atoms with van der Waals surface area (Å²) in [6.07, 6.45) is 2.85. The lowest BCUT2D eigenvalue weighted by Gasteiger charge is -2.15. The monoisotopic (exact) mass is 392 g/mol. The van der Waals surface area contributed by atoms with Crippen LogP contribution in [0.15, 0.2) is 52.5 Å². The van der Waals surface area contributed by atoms with Crippen LogP contribution >= 0.6 is 0 Å². The Morgan fingerprint density at radius 2 is 1.93 bits per heavy atom. The zero-order valence-electron chi connectivity index (χ0n) is 14.2. The Balaban J connectivity index is 1.85. The second-order valence-electron chi connectivity index (χ2n) is 5.97. The average Bonchev–Trinajstić information content (AvgIpc) is 3.17. The minimum Gasteiger partial charge on any atom is -0.272 e. The fourth-order valence-electron chi connectivity index (χ4n) is 2.76. The standard InChI is InChI=1S/C17H17FN4O4S/c18-14-5-3-4-13(10-14)12-19-20-16-7-6-15(11-17(16)22(23)24)27(25,26)21-8-1-2-9-21/h3-7,10-12,20H,1-2,8-9H2/b19-12-. The molecule has 1 saturated heterocycles. The molecule has 27 heavy (non-hydrogen) atoms. The van der Waals surface area contributed by atoms with Crippen LogP contribution in [-0.4, -0.2) is 37.0 Å². The summed E-state index contributed by atoms with van der Waals surface area (Å²) in [7, 11) is -3.76. The van der Waals surface area contributed by atoms with E-state index >= 15 is 0 Å². The number of hydrogen-bond acceptors (Lipinski definition) is 6. The summed E-state index contributed by atoms with van der Waals surface area (Å²) < 4.78 is 39.6. The molecule has 0 unspecified atom stereocenters. The summed E-state index contributed by atoms with van der Waals surface area (Å²) in [6, 6.07) is 9.30. The Bertz CT molecular complexity index is 988. The van der Waals surface area contributed by atoms with E-state index in [4.69, 9.17) is 0 Å². The second kappa shape index (κ2) is 7.80. The number of nitro benzene ring substituents is 1. The van der Waals surface area contributed by atoms with Crippen LogP contribution in [0.25, 0.3) is 0 Å². The van der Waals surface area contributed by atoms with Crippen LogP contribution in [0.5, 0.6) is 0 Å². The minimum atomic E-state index is -3.76. The van der Waals surface area contributed by atoms with Crippen LogP contribution < -0.4 is 5.43 Å². The first-order valence-corrected chi connectivity index (χ1v) is 9.65. The van der Waals surface area contributed by atoms with Crippen molar-refractivity contribution >= 4 is 27.6 Å². The van der Waals surface area contributed by atoms with Gasteiger partial charge in [-0.2, -0.15) is 9.41 Å². The molecule has 1 aliphatic rings. The number of anilines is 1. The summed E-state index contributed by atoms with van der Waals surface area (Å²) in [5, 5.41) is 15.2. The van der Waals surface area contributed by atoms with E-state index in [1.807, 2.05) is 0 Å². The summed E-state index contributed by atoms with van der Waals surface area (Å²) >= 11 is 0. The van der Waals surface area contributed by atoms with Crippen molar-refractivity contribution in [3.8, 4) is 0 Å². The first kappa shape index (κ1) is 18.9. The largest absolute Gasteiger partial charge is 0.295 e. The molecule has 142 valence electrons. The van der Waals surface area contributed by atoms with Crippen LogP contribution in [0.4, 0.5) is 15.8 Å². The van der Waals surface area contributed by atoms with Gasteiger partial charge in [0.15, 0.2) is 0 Å². The molecule has 1 N–H and O–H groups in total. The lowest BCUT2D eigenvalue weighted by atomic mass is 10.2. The normalized spacial score (nSPS) is 15.3. The molecule has 3 rings (SSSR count). The van der Waals surface area contributed by atoms with Gasteiger partial charge in [0.1, 0.15) is 11.5 Å². The fraction of sp³-hybridized carbons (Fsp3) is 0.235. The predicted octanol–water partition coefficient (Wildman–Crippen LogP) is 2.96. The third-order valence-electron chi connectivity index (χ3n) is 4.12. The maximum atomic E-state index is 13.1. The Labute approximate surface area is 155 Å². The zero-order chi connectivity index (χ0) is 19.4. The zero-order valence-corrected chi connectivity index (χ0v) is 15.0. The van der Waals surface area contributed by atoms with E-state index in [-0.39, 0.29) is 10.6 Å². The van der Waals surface area contributed by atoms with Crippen molar-refractivity contribution in [1.29, 1.82) is 0 Å². The van der Waals surface area contributed by atoms with Crippen LogP contribution in [0, 0.1) is 15.9 Å². The summed E-state index contributed by atoms with van der Waals surface area (Å²) in [5.74, 6) is -0.429. The van der Waals surface area contributed by atoms with E-state index in [2.05, 4.69) is 10.5 Å². The highest BCUT2D eigenvalue weighted by atomic mass is 32.2. The molecule has 0 spiro atoms. The van der Waals surface area contributed by atoms with Gasteiger partial charge in [-0.1, -0.05) is 12.1 Å². The molecule has 0 atom stereocenters. The smallest absolute Gasteiger partial charge is 0.272 e. The van der Waals surface area contributed by atoms with Crippen molar-refractivity contribution in [2.45, 2.75) is 17.7 Å². The van der Waals surface area contributed by atoms with Crippen molar-refractivity contribution in [3.63, 3.8) is 0 Å². The van der Waals surface area contributed by atoms with Gasteiger partial charge in [-0.15, -0.1) is 0 Å². The first-order valence-electron chi connectivity index (χ1n) is 8.21. The fourth-order valence-corrected chi connectivity index (χ4v) is 4.30. The number of rotatable bonds is 6. The molecule has 1 fully saturated rings. The van der Waals surface area contributed by atoms with E-state index < -0.39 is 26.5 Å². The van der Waals surface area contributed by atoms with Crippen LogP contribution in [0.1, 0.15) is 18.4 Å². The third-order valence-corrected chi connectivity index (χ3v) is 6.01. The Morgan fingerprint density at radius 3 is 2.59 bits per heavy atom. The summed E-state index contributed by atoms with van der Waals surface area (Å²) in [6.45, 7) is 0.822. The van der Waals surface area contributed by atoms with Gasteiger partial charge in [0.2, 0.25) is 10.0 Å². The van der Waals surface area contributed by atoms with E-state index in [0.717, 1.165) is 18.9 Å². The molecule has 8 nitrogen and oxygen atoms in total. The first-order chi connectivity index (χ1) is 12.9. The third kappa shape index (κ3) is 4.29. The van der Waals surface area contributed by atoms with Gasteiger partial charge in [0.05, 0.1) is 16.0 Å². The predicted molar refractivity (Wildman–Crippen MR) is 98.7 cm³/mol. The number of hydrogen-bond donors (Lipinski definition) is 1. The number of benzene rings is 2. The molecule has 1 aliphatic heterocycles. The number of sulfonamides is 1. The highest BCUT2D eigenvalue weighted by Crippen LogP contribution is 2.30. The molecule has 2 aromatic rings. The average molecular weight is 392 g/mol. The van der Waals surface area contributed by atoms with Crippen molar-refractivity contribution in [1.82, 2.24) is 4.31 Å². The molecule has 2 aromatic carbocycles.